The molecule has 0 aromatic rings. The van der Waals surface area contributed by atoms with Crippen LogP contribution >= 0.6 is 0 Å². The van der Waals surface area contributed by atoms with E-state index in [1.807, 2.05) is 0 Å². The zero-order valence-corrected chi connectivity index (χ0v) is 7.75. The number of aliphatic hydroxyl groups excluding tert-OH is 1. The molecule has 0 radical (unpaired) electrons. The molecule has 0 aromatic heterocycles. The first-order valence-electron chi connectivity index (χ1n) is 4.76. The lowest BCUT2D eigenvalue weighted by Gasteiger charge is -2.29. The molecule has 4 atom stereocenters. The summed E-state index contributed by atoms with van der Waals surface area (Å²) in [4.78, 5) is 0. The number of rotatable bonds is 1. The first-order valence-corrected chi connectivity index (χ1v) is 4.76. The quantitative estimate of drug-likeness (QED) is 0.687. The first kappa shape index (κ1) is 9.42. The third-order valence-corrected chi connectivity index (χ3v) is 4.10. The highest BCUT2D eigenvalue weighted by atomic mass is 19.4. The summed E-state index contributed by atoms with van der Waals surface area (Å²) in [5, 5.41) is 9.03. The maximum absolute atomic E-state index is 12.6. The van der Waals surface area contributed by atoms with E-state index in [2.05, 4.69) is 0 Å². The van der Waals surface area contributed by atoms with Gasteiger partial charge in [-0.3, -0.25) is 0 Å². The second kappa shape index (κ2) is 2.15. The smallest absolute Gasteiger partial charge is 0.394 e. The lowest BCUT2D eigenvalue weighted by atomic mass is 9.82. The van der Waals surface area contributed by atoms with Crippen molar-refractivity contribution in [1.29, 1.82) is 0 Å². The Bertz CT molecular complexity index is 400. The molecule has 1 spiro atoms. The van der Waals surface area contributed by atoms with Gasteiger partial charge in [0.1, 0.15) is 0 Å². The van der Waals surface area contributed by atoms with E-state index in [1.54, 1.807) is 6.08 Å². The van der Waals surface area contributed by atoms with E-state index in [0.29, 0.717) is 0 Å². The van der Waals surface area contributed by atoms with Crippen molar-refractivity contribution in [2.24, 2.45) is 23.0 Å². The van der Waals surface area contributed by atoms with Crippen molar-refractivity contribution in [2.75, 3.05) is 6.61 Å². The Balaban J connectivity index is 1.92. The van der Waals surface area contributed by atoms with Crippen molar-refractivity contribution >= 4 is 0 Å². The fraction of sp³-hybridized carbons (Fsp3) is 0.600. The van der Waals surface area contributed by atoms with Gasteiger partial charge in [-0.2, -0.15) is 13.2 Å². The molecular weight excluding hydrogens is 207 g/mol. The molecule has 3 unspecified atom stereocenters. The van der Waals surface area contributed by atoms with Crippen LogP contribution in [-0.2, 0) is 0 Å². The van der Waals surface area contributed by atoms with E-state index in [4.69, 9.17) is 10.8 Å². The van der Waals surface area contributed by atoms with Gasteiger partial charge in [0.2, 0.25) is 0 Å². The monoisotopic (exact) mass is 217 g/mol. The Kier molecular flexibility index (Phi) is 1.35. The van der Waals surface area contributed by atoms with Crippen LogP contribution in [0.15, 0.2) is 23.8 Å². The van der Waals surface area contributed by atoms with E-state index in [0.717, 1.165) is 6.08 Å². The molecule has 5 heteroatoms. The van der Waals surface area contributed by atoms with Crippen molar-refractivity contribution in [3.63, 3.8) is 0 Å². The summed E-state index contributed by atoms with van der Waals surface area (Å²) in [6.45, 7) is -0.246. The number of alkyl halides is 3. The highest BCUT2D eigenvalue weighted by Crippen LogP contribution is 2.88. The zero-order valence-electron chi connectivity index (χ0n) is 7.75. The molecule has 3 rings (SSSR count). The molecule has 0 aliphatic heterocycles. The molecule has 0 saturated heterocycles. The minimum Gasteiger partial charge on any atom is -0.394 e. The summed E-state index contributed by atoms with van der Waals surface area (Å²) in [6.07, 6.45) is -0.0382. The van der Waals surface area contributed by atoms with Crippen LogP contribution in [0.2, 0.25) is 0 Å². The fourth-order valence-electron chi connectivity index (χ4n) is 3.26. The van der Waals surface area contributed by atoms with Crippen molar-refractivity contribution in [2.45, 2.75) is 11.7 Å². The maximum Gasteiger partial charge on any atom is 0.413 e. The Morgan fingerprint density at radius 3 is 2.67 bits per heavy atom. The van der Waals surface area contributed by atoms with Crippen molar-refractivity contribution in [3.8, 4) is 0 Å². The Hall–Kier alpha value is -0.810. The molecule has 2 fully saturated rings. The van der Waals surface area contributed by atoms with Gasteiger partial charge in [-0.15, -0.1) is 0 Å². The molecular formula is C10H10F3NO. The Morgan fingerprint density at radius 2 is 2.13 bits per heavy atom. The molecule has 3 aliphatic rings. The minimum atomic E-state index is -4.27. The molecule has 3 aliphatic carbocycles. The van der Waals surface area contributed by atoms with Gasteiger partial charge >= 0.3 is 6.18 Å². The predicted molar refractivity (Wildman–Crippen MR) is 46.7 cm³/mol. The van der Waals surface area contributed by atoms with Crippen molar-refractivity contribution in [3.05, 3.63) is 23.8 Å². The highest BCUT2D eigenvalue weighted by Gasteiger charge is 2.94. The van der Waals surface area contributed by atoms with Crippen LogP contribution in [0.5, 0.6) is 0 Å². The van der Waals surface area contributed by atoms with E-state index in [1.165, 1.54) is 6.08 Å². The molecule has 0 bridgehead atoms. The predicted octanol–water partition coefficient (Wildman–Crippen LogP) is 0.981. The molecule has 82 valence electrons. The van der Waals surface area contributed by atoms with Crippen LogP contribution in [0.4, 0.5) is 13.2 Å². The number of halogens is 3. The van der Waals surface area contributed by atoms with Gasteiger partial charge in [0.15, 0.2) is 0 Å². The van der Waals surface area contributed by atoms with Gasteiger partial charge in [-0.25, -0.2) is 0 Å². The van der Waals surface area contributed by atoms with E-state index in [9.17, 15) is 13.2 Å². The van der Waals surface area contributed by atoms with Gasteiger partial charge in [-0.1, -0.05) is 18.2 Å². The summed E-state index contributed by atoms with van der Waals surface area (Å²) in [6, 6.07) is 0. The Morgan fingerprint density at radius 1 is 1.47 bits per heavy atom. The van der Waals surface area contributed by atoms with Crippen molar-refractivity contribution < 1.29 is 18.3 Å². The molecule has 2 nitrogen and oxygen atoms in total. The molecule has 0 amide bonds. The zero-order chi connectivity index (χ0) is 11.1. The number of hydrogen-bond acceptors (Lipinski definition) is 2. The number of fused-ring (bicyclic) bond motifs is 1. The molecule has 2 saturated carbocycles. The van der Waals surface area contributed by atoms with Crippen LogP contribution in [0.1, 0.15) is 0 Å². The fourth-order valence-corrected chi connectivity index (χ4v) is 3.26. The van der Waals surface area contributed by atoms with Crippen LogP contribution in [0.25, 0.3) is 0 Å². The summed E-state index contributed by atoms with van der Waals surface area (Å²) in [5.74, 6) is -0.735. The van der Waals surface area contributed by atoms with E-state index in [-0.39, 0.29) is 12.5 Å². The molecule has 15 heavy (non-hydrogen) atoms. The lowest BCUT2D eigenvalue weighted by molar-refractivity contribution is -0.0992. The van der Waals surface area contributed by atoms with Gasteiger partial charge in [0.05, 0.1) is 12.1 Å². The highest BCUT2D eigenvalue weighted by molar-refractivity contribution is 5.58. The third kappa shape index (κ3) is 0.774. The maximum atomic E-state index is 12.6. The van der Waals surface area contributed by atoms with Gasteiger partial charge in [0.25, 0.3) is 0 Å². The van der Waals surface area contributed by atoms with Gasteiger partial charge in [0, 0.05) is 16.9 Å². The SMILES string of the molecule is N[C@@]1(CO)C2C3C(C(F)(F)F)=CC=CC321. The normalized spacial score (nSPS) is 50.6. The topological polar surface area (TPSA) is 46.2 Å². The third-order valence-electron chi connectivity index (χ3n) is 4.10. The Labute approximate surface area is 84.3 Å². The first-order chi connectivity index (χ1) is 6.89. The summed E-state index contributed by atoms with van der Waals surface area (Å²) < 4.78 is 37.7. The molecule has 0 heterocycles. The number of aliphatic hydroxyl groups is 1. The number of allylic oxidation sites excluding steroid dienone is 3. The summed E-state index contributed by atoms with van der Waals surface area (Å²) >= 11 is 0. The minimum absolute atomic E-state index is 0.221. The second-order valence-electron chi connectivity index (χ2n) is 4.57. The average molecular weight is 217 g/mol. The molecule has 0 aromatic carbocycles. The second-order valence-corrected chi connectivity index (χ2v) is 4.57. The van der Waals surface area contributed by atoms with E-state index < -0.39 is 28.6 Å². The summed E-state index contributed by atoms with van der Waals surface area (Å²) in [5.41, 5.74) is 3.90. The van der Waals surface area contributed by atoms with Gasteiger partial charge in [-0.05, 0) is 5.92 Å². The molecule has 3 N–H and O–H groups in total. The van der Waals surface area contributed by atoms with Crippen LogP contribution in [0, 0.1) is 17.3 Å². The van der Waals surface area contributed by atoms with Crippen LogP contribution in [0.3, 0.4) is 0 Å². The van der Waals surface area contributed by atoms with E-state index >= 15 is 0 Å². The number of hydrogen-bond donors (Lipinski definition) is 2. The van der Waals surface area contributed by atoms with Gasteiger partial charge < -0.3 is 10.8 Å². The lowest BCUT2D eigenvalue weighted by Crippen LogP contribution is -2.44. The van der Waals surface area contributed by atoms with Crippen molar-refractivity contribution in [1.82, 2.24) is 0 Å². The number of nitrogens with two attached hydrogens (primary N) is 1. The van der Waals surface area contributed by atoms with Crippen LogP contribution in [-0.4, -0.2) is 23.4 Å². The average Bonchev–Trinajstić information content (AvgIpc) is 2.98. The largest absolute Gasteiger partial charge is 0.413 e. The summed E-state index contributed by atoms with van der Waals surface area (Å²) in [7, 11) is 0. The standard InChI is InChI=1S/C10H10F3NO/c11-10(12,13)5-2-1-3-8-6(5)7(8)9(8,14)4-15/h1-3,6-7,15H,4,14H2/t6?,7?,8?,9-/m0/s1. The van der Waals surface area contributed by atoms with Crippen LogP contribution < -0.4 is 5.73 Å².